The molecule has 3 rings (SSSR count). The first-order chi connectivity index (χ1) is 16.0. The summed E-state index contributed by atoms with van der Waals surface area (Å²) >= 11 is 0. The van der Waals surface area contributed by atoms with Crippen molar-refractivity contribution in [1.29, 1.82) is 0 Å². The van der Waals surface area contributed by atoms with Gasteiger partial charge >= 0.3 is 6.09 Å². The highest BCUT2D eigenvalue weighted by Crippen LogP contribution is 2.28. The van der Waals surface area contributed by atoms with Gasteiger partial charge in [-0.05, 0) is 51.7 Å². The van der Waals surface area contributed by atoms with E-state index >= 15 is 0 Å². The first-order valence-electron chi connectivity index (χ1n) is 10.9. The Morgan fingerprint density at radius 2 is 1.94 bits per heavy atom. The molecule has 1 aliphatic heterocycles. The summed E-state index contributed by atoms with van der Waals surface area (Å²) in [6.45, 7) is 6.50. The molecule has 1 fully saturated rings. The molecule has 0 saturated carbocycles. The number of rotatable bonds is 6. The van der Waals surface area contributed by atoms with E-state index in [4.69, 9.17) is 9.47 Å². The highest BCUT2D eigenvalue weighted by molar-refractivity contribution is 5.90. The fourth-order valence-corrected chi connectivity index (χ4v) is 3.46. The lowest BCUT2D eigenvalue weighted by atomic mass is 9.93. The van der Waals surface area contributed by atoms with Gasteiger partial charge in [-0.15, -0.1) is 0 Å². The van der Waals surface area contributed by atoms with E-state index in [9.17, 15) is 24.1 Å². The zero-order valence-corrected chi connectivity index (χ0v) is 19.2. The first-order valence-corrected chi connectivity index (χ1v) is 10.9. The molecule has 1 aromatic heterocycles. The number of benzene rings is 1. The predicted molar refractivity (Wildman–Crippen MR) is 121 cm³/mol. The molecule has 10 nitrogen and oxygen atoms in total. The van der Waals surface area contributed by atoms with Crippen LogP contribution in [0, 0.1) is 21.8 Å². The molecular weight excluding hydrogens is 447 g/mol. The quantitative estimate of drug-likeness (QED) is 0.466. The second kappa shape index (κ2) is 10.4. The second-order valence-electron chi connectivity index (χ2n) is 9.01. The largest absolute Gasteiger partial charge is 0.454 e. The van der Waals surface area contributed by atoms with Gasteiger partial charge in [-0.2, -0.15) is 0 Å². The molecule has 0 atom stereocenters. The molecule has 34 heavy (non-hydrogen) atoms. The van der Waals surface area contributed by atoms with Crippen LogP contribution in [0.25, 0.3) is 0 Å². The third-order valence-corrected chi connectivity index (χ3v) is 5.09. The van der Waals surface area contributed by atoms with Crippen LogP contribution in [0.4, 0.5) is 20.7 Å². The molecule has 1 N–H and O–H groups in total. The maximum atomic E-state index is 14.1. The molecule has 2 amide bonds. The molecular formula is C23H27FN4O6. The van der Waals surface area contributed by atoms with Gasteiger partial charge in [0.25, 0.3) is 5.69 Å². The van der Waals surface area contributed by atoms with Gasteiger partial charge in [-0.25, -0.2) is 14.2 Å². The Morgan fingerprint density at radius 3 is 2.56 bits per heavy atom. The number of piperidine rings is 1. The zero-order chi connectivity index (χ0) is 24.9. The highest BCUT2D eigenvalue weighted by Gasteiger charge is 2.28. The Kier molecular flexibility index (Phi) is 7.64. The summed E-state index contributed by atoms with van der Waals surface area (Å²) in [5.74, 6) is -0.742. The van der Waals surface area contributed by atoms with Crippen LogP contribution in [0.2, 0.25) is 0 Å². The number of nitrogens with zero attached hydrogens (tertiary/aromatic N) is 3. The summed E-state index contributed by atoms with van der Waals surface area (Å²) in [5.41, 5.74) is -0.937. The highest BCUT2D eigenvalue weighted by atomic mass is 19.1. The van der Waals surface area contributed by atoms with E-state index < -0.39 is 16.3 Å². The number of aromatic nitrogens is 1. The Bertz CT molecular complexity index is 1060. The molecule has 1 saturated heterocycles. The minimum Gasteiger partial charge on any atom is -0.454 e. The smallest absolute Gasteiger partial charge is 0.410 e. The second-order valence-corrected chi connectivity index (χ2v) is 9.01. The summed E-state index contributed by atoms with van der Waals surface area (Å²) in [6, 6.07) is 5.98. The molecule has 0 unspecified atom stereocenters. The van der Waals surface area contributed by atoms with Crippen molar-refractivity contribution < 1.29 is 28.4 Å². The molecule has 182 valence electrons. The average molecular weight is 474 g/mol. The van der Waals surface area contributed by atoms with Crippen molar-refractivity contribution in [3.8, 4) is 11.5 Å². The number of carbonyl (C=O) groups is 2. The van der Waals surface area contributed by atoms with Gasteiger partial charge < -0.3 is 19.7 Å². The van der Waals surface area contributed by atoms with Gasteiger partial charge in [0.1, 0.15) is 17.2 Å². The predicted octanol–water partition coefficient (Wildman–Crippen LogP) is 4.90. The van der Waals surface area contributed by atoms with Crippen LogP contribution >= 0.6 is 0 Å². The first kappa shape index (κ1) is 24.9. The monoisotopic (exact) mass is 474 g/mol. The van der Waals surface area contributed by atoms with E-state index in [0.717, 1.165) is 18.2 Å². The number of ether oxygens (including phenoxy) is 2. The number of carbonyl (C=O) groups excluding carboxylic acids is 2. The lowest BCUT2D eigenvalue weighted by Gasteiger charge is -2.33. The Labute approximate surface area is 196 Å². The average Bonchev–Trinajstić information content (AvgIpc) is 2.74. The fraction of sp³-hybridized carbons (Fsp3) is 0.435. The number of anilines is 1. The molecule has 0 bridgehead atoms. The molecule has 0 aliphatic carbocycles. The number of nitro groups is 1. The van der Waals surface area contributed by atoms with Crippen molar-refractivity contribution in [1.82, 2.24) is 9.88 Å². The van der Waals surface area contributed by atoms with E-state index in [-0.39, 0.29) is 47.3 Å². The van der Waals surface area contributed by atoms with Gasteiger partial charge in [0.05, 0.1) is 11.0 Å². The van der Waals surface area contributed by atoms with Crippen LogP contribution in [0.15, 0.2) is 36.5 Å². The third kappa shape index (κ3) is 7.12. The maximum Gasteiger partial charge on any atom is 0.410 e. The number of amides is 2. The fourth-order valence-electron chi connectivity index (χ4n) is 3.46. The van der Waals surface area contributed by atoms with Crippen molar-refractivity contribution >= 4 is 23.5 Å². The number of hydrogen-bond donors (Lipinski definition) is 1. The summed E-state index contributed by atoms with van der Waals surface area (Å²) < 4.78 is 24.9. The number of non-ortho nitro benzene ring substituents is 1. The van der Waals surface area contributed by atoms with E-state index in [0.29, 0.717) is 25.9 Å². The van der Waals surface area contributed by atoms with Gasteiger partial charge in [0.15, 0.2) is 11.6 Å². The Balaban J connectivity index is 1.51. The molecule has 0 radical (unpaired) electrons. The molecule has 2 heterocycles. The van der Waals surface area contributed by atoms with Crippen molar-refractivity contribution in [2.45, 2.75) is 45.6 Å². The minimum absolute atomic E-state index is 0.118. The molecule has 2 aromatic rings. The van der Waals surface area contributed by atoms with Crippen LogP contribution in [0.1, 0.15) is 40.0 Å². The van der Waals surface area contributed by atoms with Crippen molar-refractivity contribution in [3.05, 3.63) is 52.5 Å². The lowest BCUT2D eigenvalue weighted by molar-refractivity contribution is -0.385. The van der Waals surface area contributed by atoms with E-state index in [1.165, 1.54) is 18.3 Å². The number of likely N-dealkylation sites (tertiary alicyclic amines) is 1. The number of nitrogens with one attached hydrogen (secondary N) is 1. The van der Waals surface area contributed by atoms with Crippen molar-refractivity contribution in [2.24, 2.45) is 5.92 Å². The standard InChI is InChI=1S/C23H27FN4O6/c1-23(2,3)34-22(30)27-10-7-15(8-11-27)12-21(29)26-20-14-17(6-9-25-20)33-19-5-4-16(28(31)32)13-18(19)24/h4-6,9,13-15H,7-8,10-12H2,1-3H3,(H,25,26,29). The topological polar surface area (TPSA) is 124 Å². The maximum absolute atomic E-state index is 14.1. The third-order valence-electron chi connectivity index (χ3n) is 5.09. The van der Waals surface area contributed by atoms with Crippen molar-refractivity contribution in [3.63, 3.8) is 0 Å². The molecule has 11 heteroatoms. The summed E-state index contributed by atoms with van der Waals surface area (Å²) in [5, 5.41) is 13.4. The van der Waals surface area contributed by atoms with E-state index in [1.807, 2.05) is 20.8 Å². The van der Waals surface area contributed by atoms with Crippen LogP contribution in [-0.2, 0) is 9.53 Å². The summed E-state index contributed by atoms with van der Waals surface area (Å²) in [7, 11) is 0. The lowest BCUT2D eigenvalue weighted by Crippen LogP contribution is -2.42. The Hall–Kier alpha value is -3.76. The molecule has 1 aliphatic rings. The normalized spacial score (nSPS) is 14.4. The van der Waals surface area contributed by atoms with E-state index in [1.54, 1.807) is 4.90 Å². The minimum atomic E-state index is -0.880. The van der Waals surface area contributed by atoms with Gasteiger partial charge in [0.2, 0.25) is 5.91 Å². The molecule has 0 spiro atoms. The summed E-state index contributed by atoms with van der Waals surface area (Å²) in [6.07, 6.45) is 2.69. The number of hydrogen-bond acceptors (Lipinski definition) is 7. The molecule has 1 aromatic carbocycles. The van der Waals surface area contributed by atoms with Crippen LogP contribution in [0.5, 0.6) is 11.5 Å². The van der Waals surface area contributed by atoms with E-state index in [2.05, 4.69) is 10.3 Å². The van der Waals surface area contributed by atoms with Crippen LogP contribution in [0.3, 0.4) is 0 Å². The van der Waals surface area contributed by atoms with Crippen LogP contribution in [-0.4, -0.2) is 45.5 Å². The number of pyridine rings is 1. The zero-order valence-electron chi connectivity index (χ0n) is 19.2. The van der Waals surface area contributed by atoms with Gasteiger partial charge in [-0.3, -0.25) is 14.9 Å². The van der Waals surface area contributed by atoms with Gasteiger partial charge in [-0.1, -0.05) is 0 Å². The SMILES string of the molecule is CC(C)(C)OC(=O)N1CCC(CC(=O)Nc2cc(Oc3ccc([N+](=O)[O-])cc3F)ccn2)CC1. The van der Waals surface area contributed by atoms with Crippen LogP contribution < -0.4 is 10.1 Å². The van der Waals surface area contributed by atoms with Crippen molar-refractivity contribution in [2.75, 3.05) is 18.4 Å². The summed E-state index contributed by atoms with van der Waals surface area (Å²) in [4.78, 5) is 40.4. The Morgan fingerprint density at radius 1 is 1.24 bits per heavy atom. The van der Waals surface area contributed by atoms with Gasteiger partial charge in [0, 0.05) is 37.8 Å². The number of halogens is 1. The number of nitro benzene ring substituents is 1.